The third kappa shape index (κ3) is 2.63. The number of hydrogen-bond acceptors (Lipinski definition) is 5. The van der Waals surface area contributed by atoms with Crippen molar-refractivity contribution in [3.63, 3.8) is 0 Å². The molecule has 1 saturated heterocycles. The van der Waals surface area contributed by atoms with Crippen LogP contribution in [0.25, 0.3) is 15.8 Å². The predicted octanol–water partition coefficient (Wildman–Crippen LogP) is 3.29. The number of H-pyrrole nitrogens is 1. The van der Waals surface area contributed by atoms with Crippen molar-refractivity contribution in [3.8, 4) is 0 Å². The van der Waals surface area contributed by atoms with Crippen LogP contribution in [0.4, 0.5) is 4.79 Å². The molecule has 0 aliphatic carbocycles. The van der Waals surface area contributed by atoms with Crippen LogP contribution >= 0.6 is 11.8 Å². The SMILES string of the molecule is O=C1NC(=O)/C(=C(/c2c[nH]c3ccccc23)S(=O)(=O)c2ccccc2)S1. The molecule has 2 aromatic carbocycles. The lowest BCUT2D eigenvalue weighted by Crippen LogP contribution is -2.19. The maximum atomic E-state index is 13.3. The number of carbonyl (C=O) groups is 2. The van der Waals surface area contributed by atoms with E-state index in [1.54, 1.807) is 36.5 Å². The number of sulfone groups is 1. The first-order chi connectivity index (χ1) is 12.5. The molecule has 0 atom stereocenters. The van der Waals surface area contributed by atoms with E-state index in [0.29, 0.717) is 22.7 Å². The van der Waals surface area contributed by atoms with Gasteiger partial charge in [0.05, 0.1) is 4.90 Å². The standard InChI is InChI=1S/C18H12N2O4S2/c21-17-15(25-18(22)20-17)16(26(23,24)11-6-2-1-3-7-11)13-10-19-14-9-5-4-8-12(13)14/h1-10,19H,(H,20,21,22)/b16-15+. The molecule has 2 heterocycles. The van der Waals surface area contributed by atoms with Crippen molar-refractivity contribution in [3.05, 3.63) is 71.3 Å². The molecule has 1 fully saturated rings. The molecule has 26 heavy (non-hydrogen) atoms. The van der Waals surface area contributed by atoms with Crippen LogP contribution in [-0.2, 0) is 14.6 Å². The Kier molecular flexibility index (Phi) is 3.93. The second-order valence-electron chi connectivity index (χ2n) is 5.57. The largest absolute Gasteiger partial charge is 0.361 e. The second kappa shape index (κ2) is 6.15. The number of imide groups is 1. The van der Waals surface area contributed by atoms with Gasteiger partial charge in [-0.2, -0.15) is 0 Å². The Labute approximate surface area is 153 Å². The van der Waals surface area contributed by atoms with Crippen molar-refractivity contribution in [2.24, 2.45) is 0 Å². The number of amides is 2. The fraction of sp³-hybridized carbons (Fsp3) is 0. The highest BCUT2D eigenvalue weighted by atomic mass is 32.2. The molecule has 4 rings (SSSR count). The molecule has 0 unspecified atom stereocenters. The number of rotatable bonds is 3. The summed E-state index contributed by atoms with van der Waals surface area (Å²) in [5, 5.41) is 2.20. The third-order valence-corrected chi connectivity index (χ3v) is 6.84. The van der Waals surface area contributed by atoms with Gasteiger partial charge in [0.25, 0.3) is 11.1 Å². The molecule has 0 spiro atoms. The minimum absolute atomic E-state index is 0.0560. The number of carbonyl (C=O) groups excluding carboxylic acids is 2. The Morgan fingerprint density at radius 3 is 2.31 bits per heavy atom. The average molecular weight is 384 g/mol. The average Bonchev–Trinajstić information content (AvgIpc) is 3.19. The van der Waals surface area contributed by atoms with Crippen molar-refractivity contribution < 1.29 is 18.0 Å². The highest BCUT2D eigenvalue weighted by Crippen LogP contribution is 2.40. The normalized spacial score (nSPS) is 16.8. The van der Waals surface area contributed by atoms with E-state index >= 15 is 0 Å². The molecule has 1 aromatic heterocycles. The van der Waals surface area contributed by atoms with Crippen LogP contribution < -0.4 is 5.32 Å². The van der Waals surface area contributed by atoms with Crippen molar-refractivity contribution in [2.75, 3.05) is 0 Å². The van der Waals surface area contributed by atoms with Gasteiger partial charge in [-0.1, -0.05) is 36.4 Å². The van der Waals surface area contributed by atoms with Crippen LogP contribution in [0.2, 0.25) is 0 Å². The van der Waals surface area contributed by atoms with Crippen LogP contribution in [0.1, 0.15) is 5.56 Å². The van der Waals surface area contributed by atoms with Gasteiger partial charge in [0.15, 0.2) is 0 Å². The third-order valence-electron chi connectivity index (χ3n) is 3.98. The molecule has 1 aliphatic heterocycles. The lowest BCUT2D eigenvalue weighted by Gasteiger charge is -2.10. The molecule has 2 amide bonds. The summed E-state index contributed by atoms with van der Waals surface area (Å²) in [5.41, 5.74) is 1.09. The van der Waals surface area contributed by atoms with E-state index in [1.165, 1.54) is 12.1 Å². The molecule has 0 saturated carbocycles. The maximum Gasteiger partial charge on any atom is 0.290 e. The van der Waals surface area contributed by atoms with Crippen LogP contribution in [0.15, 0.2) is 70.6 Å². The zero-order valence-corrected chi connectivity index (χ0v) is 14.9. The molecular formula is C18H12N2O4S2. The van der Waals surface area contributed by atoms with E-state index in [-0.39, 0.29) is 14.7 Å². The minimum atomic E-state index is -4.03. The molecular weight excluding hydrogens is 372 g/mol. The van der Waals surface area contributed by atoms with E-state index in [9.17, 15) is 18.0 Å². The van der Waals surface area contributed by atoms with E-state index in [4.69, 9.17) is 0 Å². The van der Waals surface area contributed by atoms with Gasteiger partial charge in [-0.15, -0.1) is 0 Å². The number of nitrogens with one attached hydrogen (secondary N) is 2. The second-order valence-corrected chi connectivity index (χ2v) is 8.44. The Hall–Kier alpha value is -2.84. The van der Waals surface area contributed by atoms with Crippen molar-refractivity contribution in [1.29, 1.82) is 0 Å². The molecule has 130 valence electrons. The Bertz CT molecular complexity index is 1180. The van der Waals surface area contributed by atoms with Gasteiger partial charge in [-0.3, -0.25) is 14.9 Å². The van der Waals surface area contributed by atoms with Crippen LogP contribution in [-0.4, -0.2) is 24.5 Å². The molecule has 0 bridgehead atoms. The fourth-order valence-electron chi connectivity index (χ4n) is 2.83. The van der Waals surface area contributed by atoms with Gasteiger partial charge in [-0.05, 0) is 30.0 Å². The first-order valence-corrected chi connectivity index (χ1v) is 9.92. The Morgan fingerprint density at radius 1 is 0.923 bits per heavy atom. The molecule has 0 radical (unpaired) electrons. The van der Waals surface area contributed by atoms with E-state index in [2.05, 4.69) is 10.3 Å². The van der Waals surface area contributed by atoms with Crippen LogP contribution in [0, 0.1) is 0 Å². The predicted molar refractivity (Wildman–Crippen MR) is 100.0 cm³/mol. The summed E-state index contributed by atoms with van der Waals surface area (Å²) in [6.45, 7) is 0. The molecule has 3 aromatic rings. The van der Waals surface area contributed by atoms with Crippen molar-refractivity contribution in [1.82, 2.24) is 10.3 Å². The fourth-order valence-corrected chi connectivity index (χ4v) is 5.51. The summed E-state index contributed by atoms with van der Waals surface area (Å²) in [6, 6.07) is 15.0. The van der Waals surface area contributed by atoms with Gasteiger partial charge < -0.3 is 4.98 Å². The number of aromatic amines is 1. The van der Waals surface area contributed by atoms with Crippen LogP contribution in [0.3, 0.4) is 0 Å². The number of thioether (sulfide) groups is 1. The van der Waals surface area contributed by atoms with Crippen molar-refractivity contribution in [2.45, 2.75) is 4.90 Å². The van der Waals surface area contributed by atoms with E-state index in [0.717, 1.165) is 5.52 Å². The number of aromatic nitrogens is 1. The number of benzene rings is 2. The van der Waals surface area contributed by atoms with Gasteiger partial charge in [0.2, 0.25) is 9.84 Å². The summed E-state index contributed by atoms with van der Waals surface area (Å²) < 4.78 is 26.7. The first-order valence-electron chi connectivity index (χ1n) is 7.62. The number of para-hydroxylation sites is 1. The first kappa shape index (κ1) is 16.6. The summed E-state index contributed by atoms with van der Waals surface area (Å²) >= 11 is 0.597. The molecule has 8 heteroatoms. The zero-order chi connectivity index (χ0) is 18.3. The van der Waals surface area contributed by atoms with Gasteiger partial charge in [0.1, 0.15) is 9.81 Å². The smallest absolute Gasteiger partial charge is 0.290 e. The highest BCUT2D eigenvalue weighted by Gasteiger charge is 2.36. The quantitative estimate of drug-likeness (QED) is 0.676. The molecule has 2 N–H and O–H groups in total. The van der Waals surface area contributed by atoms with Gasteiger partial charge in [-0.25, -0.2) is 8.42 Å². The number of fused-ring (bicyclic) bond motifs is 1. The maximum absolute atomic E-state index is 13.3. The highest BCUT2D eigenvalue weighted by molar-refractivity contribution is 8.19. The lowest BCUT2D eigenvalue weighted by atomic mass is 10.1. The molecule has 6 nitrogen and oxygen atoms in total. The van der Waals surface area contributed by atoms with Crippen LogP contribution in [0.5, 0.6) is 0 Å². The van der Waals surface area contributed by atoms with Crippen molar-refractivity contribution >= 4 is 48.6 Å². The number of hydrogen-bond donors (Lipinski definition) is 2. The summed E-state index contributed by atoms with van der Waals surface area (Å²) in [5.74, 6) is -0.709. The monoisotopic (exact) mass is 384 g/mol. The van der Waals surface area contributed by atoms with Gasteiger partial charge >= 0.3 is 0 Å². The molecule has 1 aliphatic rings. The summed E-state index contributed by atoms with van der Waals surface area (Å²) in [7, 11) is -4.03. The van der Waals surface area contributed by atoms with E-state index < -0.39 is 21.0 Å². The van der Waals surface area contributed by atoms with Gasteiger partial charge in [0, 0.05) is 22.7 Å². The summed E-state index contributed by atoms with van der Waals surface area (Å²) in [4.78, 5) is 26.7. The Balaban J connectivity index is 2.06. The topological polar surface area (TPSA) is 96.1 Å². The minimum Gasteiger partial charge on any atom is -0.361 e. The zero-order valence-electron chi connectivity index (χ0n) is 13.2. The van der Waals surface area contributed by atoms with E-state index in [1.807, 2.05) is 12.1 Å². The lowest BCUT2D eigenvalue weighted by molar-refractivity contribution is -0.115. The Morgan fingerprint density at radius 2 is 1.62 bits per heavy atom. The summed E-state index contributed by atoms with van der Waals surface area (Å²) in [6.07, 6.45) is 1.55.